The lowest BCUT2D eigenvalue weighted by molar-refractivity contribution is -0.138. The van der Waals surface area contributed by atoms with Crippen molar-refractivity contribution in [3.63, 3.8) is 0 Å². The third-order valence-electron chi connectivity index (χ3n) is 6.50. The average molecular weight is 461 g/mol. The zero-order valence-corrected chi connectivity index (χ0v) is 20.5. The van der Waals surface area contributed by atoms with Gasteiger partial charge < -0.3 is 15.2 Å². The molecule has 2 aromatic carbocycles. The number of carbonyl (C=O) groups is 2. The number of hydrogen-bond donors (Lipinski definition) is 1. The molecule has 0 amide bonds. The fourth-order valence-corrected chi connectivity index (χ4v) is 4.94. The number of nitrogens with zero attached hydrogens (tertiary/aromatic N) is 1. The molecule has 1 aliphatic carbocycles. The summed E-state index contributed by atoms with van der Waals surface area (Å²) in [4.78, 5) is 28.9. The predicted molar refractivity (Wildman–Crippen MR) is 132 cm³/mol. The fourth-order valence-electron chi connectivity index (χ4n) is 4.94. The van der Waals surface area contributed by atoms with Crippen LogP contribution in [0.25, 0.3) is 0 Å². The molecule has 0 radical (unpaired) electrons. The van der Waals surface area contributed by atoms with Crippen LogP contribution >= 0.6 is 0 Å². The second-order valence-corrected chi connectivity index (χ2v) is 9.70. The minimum Gasteiger partial charge on any atom is -0.497 e. The van der Waals surface area contributed by atoms with Gasteiger partial charge in [0.2, 0.25) is 0 Å². The SMILES string of the molecule is CCOC(=O)C1=C(N)N(c2ccc(C)cc2)C2=C(C(=O)CC(C)(C)C2)[C@H]1c1ccc(OC)cc1. The molecule has 6 heteroatoms. The summed E-state index contributed by atoms with van der Waals surface area (Å²) in [6, 6.07) is 15.4. The highest BCUT2D eigenvalue weighted by Crippen LogP contribution is 2.50. The number of nitrogens with two attached hydrogens (primary N) is 1. The number of benzene rings is 2. The summed E-state index contributed by atoms with van der Waals surface area (Å²) in [5.74, 6) is -0.0981. The zero-order chi connectivity index (χ0) is 24.6. The maximum absolute atomic E-state index is 13.7. The summed E-state index contributed by atoms with van der Waals surface area (Å²) in [7, 11) is 1.60. The minimum atomic E-state index is -0.606. The molecule has 0 unspecified atom stereocenters. The summed E-state index contributed by atoms with van der Waals surface area (Å²) in [6.07, 6.45) is 1.06. The topological polar surface area (TPSA) is 81.9 Å². The Hall–Kier alpha value is -3.54. The molecule has 0 fully saturated rings. The van der Waals surface area contributed by atoms with Crippen LogP contribution in [0.3, 0.4) is 0 Å². The number of Topliss-reactive ketones (excluding diaryl/α,β-unsaturated/α-hetero) is 1. The van der Waals surface area contributed by atoms with Crippen LogP contribution < -0.4 is 15.4 Å². The highest BCUT2D eigenvalue weighted by molar-refractivity contribution is 6.05. The van der Waals surface area contributed by atoms with E-state index in [4.69, 9.17) is 15.2 Å². The summed E-state index contributed by atoms with van der Waals surface area (Å²) >= 11 is 0. The van der Waals surface area contributed by atoms with Crippen LogP contribution in [-0.4, -0.2) is 25.5 Å². The third-order valence-corrected chi connectivity index (χ3v) is 6.50. The maximum atomic E-state index is 13.7. The van der Waals surface area contributed by atoms with Gasteiger partial charge in [-0.05, 0) is 55.5 Å². The van der Waals surface area contributed by atoms with Crippen LogP contribution in [0.15, 0.2) is 71.2 Å². The van der Waals surface area contributed by atoms with Gasteiger partial charge in [0.15, 0.2) is 5.78 Å². The van der Waals surface area contributed by atoms with E-state index in [2.05, 4.69) is 13.8 Å². The molecule has 0 aromatic heterocycles. The summed E-state index contributed by atoms with van der Waals surface area (Å²) in [5.41, 5.74) is 11.0. The van der Waals surface area contributed by atoms with Crippen molar-refractivity contribution in [2.75, 3.05) is 18.6 Å². The van der Waals surface area contributed by atoms with Crippen molar-refractivity contribution in [3.05, 3.63) is 82.3 Å². The Morgan fingerprint density at radius 3 is 2.32 bits per heavy atom. The molecule has 0 saturated carbocycles. The van der Waals surface area contributed by atoms with Gasteiger partial charge in [-0.15, -0.1) is 0 Å². The van der Waals surface area contributed by atoms with E-state index in [-0.39, 0.29) is 17.8 Å². The van der Waals surface area contributed by atoms with Gasteiger partial charge >= 0.3 is 5.97 Å². The van der Waals surface area contributed by atoms with Crippen molar-refractivity contribution in [1.82, 2.24) is 0 Å². The first-order valence-electron chi connectivity index (χ1n) is 11.6. The van der Waals surface area contributed by atoms with Gasteiger partial charge in [0.1, 0.15) is 11.6 Å². The van der Waals surface area contributed by atoms with E-state index >= 15 is 0 Å². The Labute approximate surface area is 201 Å². The number of aryl methyl sites for hydroxylation is 1. The first-order chi connectivity index (χ1) is 16.2. The zero-order valence-electron chi connectivity index (χ0n) is 20.5. The quantitative estimate of drug-likeness (QED) is 0.634. The first-order valence-corrected chi connectivity index (χ1v) is 11.6. The third kappa shape index (κ3) is 4.20. The van der Waals surface area contributed by atoms with Crippen molar-refractivity contribution >= 4 is 17.4 Å². The Bertz CT molecular complexity index is 1170. The highest BCUT2D eigenvalue weighted by Gasteiger charge is 2.46. The molecule has 6 nitrogen and oxygen atoms in total. The lowest BCUT2D eigenvalue weighted by Crippen LogP contribution is -2.43. The molecule has 0 spiro atoms. The smallest absolute Gasteiger partial charge is 0.338 e. The number of esters is 1. The Balaban J connectivity index is 2.00. The van der Waals surface area contributed by atoms with Gasteiger partial charge in [-0.3, -0.25) is 9.69 Å². The molecule has 0 bridgehead atoms. The molecule has 4 rings (SSSR count). The summed E-state index contributed by atoms with van der Waals surface area (Å²) in [6.45, 7) is 8.16. The molecule has 34 heavy (non-hydrogen) atoms. The molecule has 1 aliphatic heterocycles. The van der Waals surface area contributed by atoms with Crippen molar-refractivity contribution in [2.24, 2.45) is 11.1 Å². The van der Waals surface area contributed by atoms with Gasteiger partial charge in [0, 0.05) is 23.4 Å². The molecule has 1 atom stereocenters. The van der Waals surface area contributed by atoms with Gasteiger partial charge in [-0.2, -0.15) is 0 Å². The lowest BCUT2D eigenvalue weighted by atomic mass is 9.68. The van der Waals surface area contributed by atoms with E-state index in [1.54, 1.807) is 14.0 Å². The van der Waals surface area contributed by atoms with Gasteiger partial charge in [0.05, 0.1) is 25.2 Å². The molecule has 0 saturated heterocycles. The van der Waals surface area contributed by atoms with Crippen LogP contribution in [0.2, 0.25) is 0 Å². The van der Waals surface area contributed by atoms with Gasteiger partial charge in [-0.1, -0.05) is 43.7 Å². The predicted octanol–water partition coefficient (Wildman–Crippen LogP) is 4.98. The van der Waals surface area contributed by atoms with E-state index in [1.807, 2.05) is 60.4 Å². The van der Waals surface area contributed by atoms with Crippen molar-refractivity contribution < 1.29 is 19.1 Å². The number of hydrogen-bond acceptors (Lipinski definition) is 6. The van der Waals surface area contributed by atoms with E-state index in [0.717, 1.165) is 22.5 Å². The van der Waals surface area contributed by atoms with Crippen LogP contribution in [0.5, 0.6) is 5.75 Å². The first kappa shape index (κ1) is 23.6. The van der Waals surface area contributed by atoms with E-state index in [1.165, 1.54) is 0 Å². The number of anilines is 1. The standard InChI is InChI=1S/C28H32N2O4/c1-6-34-27(32)25-23(18-9-13-20(33-5)14-10-18)24-21(15-28(3,4)16-22(24)31)30(26(25)29)19-11-7-17(2)8-12-19/h7-14,23H,6,15-16,29H2,1-5H3/t23-/m1/s1. The van der Waals surface area contributed by atoms with Crippen LogP contribution in [-0.2, 0) is 14.3 Å². The minimum absolute atomic E-state index is 0.0264. The molecule has 2 aromatic rings. The summed E-state index contributed by atoms with van der Waals surface area (Å²) < 4.78 is 10.8. The Morgan fingerprint density at radius 2 is 1.74 bits per heavy atom. The Morgan fingerprint density at radius 1 is 1.09 bits per heavy atom. The number of ether oxygens (including phenoxy) is 2. The monoisotopic (exact) mass is 460 g/mol. The van der Waals surface area contributed by atoms with E-state index in [0.29, 0.717) is 35.6 Å². The molecule has 178 valence electrons. The van der Waals surface area contributed by atoms with Crippen LogP contribution in [0.1, 0.15) is 50.7 Å². The van der Waals surface area contributed by atoms with Crippen molar-refractivity contribution in [1.29, 1.82) is 0 Å². The second kappa shape index (κ2) is 9.01. The highest BCUT2D eigenvalue weighted by atomic mass is 16.5. The van der Waals surface area contributed by atoms with Crippen LogP contribution in [0.4, 0.5) is 5.69 Å². The molecular weight excluding hydrogens is 428 g/mol. The molecule has 1 heterocycles. The number of carbonyl (C=O) groups excluding carboxylic acids is 2. The van der Waals surface area contributed by atoms with Crippen molar-refractivity contribution in [2.45, 2.75) is 46.5 Å². The number of allylic oxidation sites excluding steroid dienone is 2. The Kier molecular flexibility index (Phi) is 6.26. The van der Waals surface area contributed by atoms with E-state index in [9.17, 15) is 9.59 Å². The number of methoxy groups -OCH3 is 1. The fraction of sp³-hybridized carbons (Fsp3) is 0.357. The second-order valence-electron chi connectivity index (χ2n) is 9.70. The van der Waals surface area contributed by atoms with Crippen LogP contribution in [0, 0.1) is 12.3 Å². The number of rotatable bonds is 5. The van der Waals surface area contributed by atoms with E-state index < -0.39 is 11.9 Å². The molecule has 2 aliphatic rings. The average Bonchev–Trinajstić information content (AvgIpc) is 2.78. The van der Waals surface area contributed by atoms with Gasteiger partial charge in [-0.25, -0.2) is 4.79 Å². The number of ketones is 1. The molecular formula is C28H32N2O4. The summed E-state index contributed by atoms with van der Waals surface area (Å²) in [5, 5.41) is 0. The van der Waals surface area contributed by atoms with Crippen molar-refractivity contribution in [3.8, 4) is 5.75 Å². The maximum Gasteiger partial charge on any atom is 0.338 e. The van der Waals surface area contributed by atoms with Gasteiger partial charge in [0.25, 0.3) is 0 Å². The lowest BCUT2D eigenvalue weighted by Gasteiger charge is -2.44. The molecule has 2 N–H and O–H groups in total. The largest absolute Gasteiger partial charge is 0.497 e. The normalized spacial score (nSPS) is 19.7.